The van der Waals surface area contributed by atoms with Crippen molar-refractivity contribution in [2.24, 2.45) is 0 Å². The summed E-state index contributed by atoms with van der Waals surface area (Å²) in [5.74, 6) is -0.445. The number of nitrogens with one attached hydrogen (secondary N) is 1. The molecule has 1 fully saturated rings. The molecule has 1 aliphatic carbocycles. The van der Waals surface area contributed by atoms with Gasteiger partial charge >= 0.3 is 0 Å². The molecule has 26 heavy (non-hydrogen) atoms. The van der Waals surface area contributed by atoms with Crippen molar-refractivity contribution < 1.29 is 8.78 Å². The van der Waals surface area contributed by atoms with E-state index in [1.807, 2.05) is 11.8 Å². The van der Waals surface area contributed by atoms with Crippen molar-refractivity contribution >= 4 is 23.5 Å². The number of aryl methyl sites for hydroxylation is 1. The van der Waals surface area contributed by atoms with Gasteiger partial charge in [0, 0.05) is 56.9 Å². The van der Waals surface area contributed by atoms with E-state index in [1.165, 1.54) is 0 Å². The molecule has 1 saturated heterocycles. The van der Waals surface area contributed by atoms with Crippen LogP contribution < -0.4 is 10.2 Å². The van der Waals surface area contributed by atoms with Crippen molar-refractivity contribution in [1.82, 2.24) is 14.9 Å². The molecule has 2 heterocycles. The molecule has 146 valence electrons. The molecule has 0 amide bonds. The second-order valence-electron chi connectivity index (χ2n) is 7.47. The first-order valence-corrected chi connectivity index (χ1v) is 10.5. The molecule has 1 aromatic heterocycles. The Morgan fingerprint density at radius 1 is 1.19 bits per heavy atom. The lowest BCUT2D eigenvalue weighted by atomic mass is 9.93. The van der Waals surface area contributed by atoms with E-state index in [4.69, 9.17) is 0 Å². The van der Waals surface area contributed by atoms with Crippen LogP contribution in [0.5, 0.6) is 0 Å². The second kappa shape index (κ2) is 8.25. The lowest BCUT2D eigenvalue weighted by Gasteiger charge is -2.34. The Morgan fingerprint density at radius 3 is 2.62 bits per heavy atom. The van der Waals surface area contributed by atoms with Crippen LogP contribution in [0, 0.1) is 0 Å². The molecule has 0 bridgehead atoms. The molecular weight excluding hydrogens is 356 g/mol. The minimum absolute atomic E-state index is 0.123. The Balaban J connectivity index is 1.80. The van der Waals surface area contributed by atoms with Crippen LogP contribution in [0.3, 0.4) is 0 Å². The molecule has 1 aliphatic heterocycles. The lowest BCUT2D eigenvalue weighted by molar-refractivity contribution is -0.0127. The number of aromatic nitrogens is 2. The number of thioether (sulfide) groups is 1. The lowest BCUT2D eigenvalue weighted by Crippen LogP contribution is -2.45. The number of hydrogen-bond acceptors (Lipinski definition) is 6. The molecule has 0 aromatic carbocycles. The zero-order valence-electron chi connectivity index (χ0n) is 15.9. The molecule has 8 heteroatoms. The SMILES string of the molecule is CC(C)SCCNc1nc(N2CCN(C)CC2)nc2c1CC(F)(F)CC2. The number of rotatable bonds is 6. The van der Waals surface area contributed by atoms with E-state index in [-0.39, 0.29) is 12.8 Å². The highest BCUT2D eigenvalue weighted by atomic mass is 32.2. The molecule has 0 unspecified atom stereocenters. The molecule has 0 saturated carbocycles. The van der Waals surface area contributed by atoms with E-state index in [9.17, 15) is 8.78 Å². The normalized spacial score (nSPS) is 20.3. The Labute approximate surface area is 158 Å². The smallest absolute Gasteiger partial charge is 0.252 e. The van der Waals surface area contributed by atoms with Gasteiger partial charge in [-0.25, -0.2) is 13.8 Å². The zero-order valence-corrected chi connectivity index (χ0v) is 16.7. The Hall–Kier alpha value is -1.15. The van der Waals surface area contributed by atoms with Crippen LogP contribution in [0.1, 0.15) is 31.5 Å². The molecular formula is C18H29F2N5S. The van der Waals surface area contributed by atoms with Crippen molar-refractivity contribution in [3.63, 3.8) is 0 Å². The first-order chi connectivity index (χ1) is 12.3. The fourth-order valence-electron chi connectivity index (χ4n) is 3.32. The zero-order chi connectivity index (χ0) is 18.7. The van der Waals surface area contributed by atoms with Crippen LogP contribution in [0.25, 0.3) is 0 Å². The van der Waals surface area contributed by atoms with E-state index < -0.39 is 5.92 Å². The van der Waals surface area contributed by atoms with Gasteiger partial charge in [-0.1, -0.05) is 13.8 Å². The first kappa shape index (κ1) is 19.6. The topological polar surface area (TPSA) is 44.3 Å². The summed E-state index contributed by atoms with van der Waals surface area (Å²) < 4.78 is 27.9. The van der Waals surface area contributed by atoms with Gasteiger partial charge < -0.3 is 15.1 Å². The Kier molecular flexibility index (Phi) is 6.22. The summed E-state index contributed by atoms with van der Waals surface area (Å²) in [5.41, 5.74) is 1.40. The minimum atomic E-state index is -2.66. The van der Waals surface area contributed by atoms with Gasteiger partial charge in [-0.3, -0.25) is 0 Å². The maximum atomic E-state index is 14.0. The average Bonchev–Trinajstić information content (AvgIpc) is 2.58. The number of nitrogens with zero attached hydrogens (tertiary/aromatic N) is 4. The van der Waals surface area contributed by atoms with E-state index in [0.29, 0.717) is 29.0 Å². The maximum Gasteiger partial charge on any atom is 0.252 e. The highest BCUT2D eigenvalue weighted by Gasteiger charge is 2.37. The van der Waals surface area contributed by atoms with Crippen LogP contribution in [-0.2, 0) is 12.8 Å². The molecule has 0 atom stereocenters. The van der Waals surface area contributed by atoms with Gasteiger partial charge in [-0.15, -0.1) is 0 Å². The number of hydrogen-bond donors (Lipinski definition) is 1. The monoisotopic (exact) mass is 385 g/mol. The van der Waals surface area contributed by atoms with Crippen LogP contribution in [0.4, 0.5) is 20.5 Å². The average molecular weight is 386 g/mol. The summed E-state index contributed by atoms with van der Waals surface area (Å²) in [6, 6.07) is 0. The molecule has 1 N–H and O–H groups in total. The fraction of sp³-hybridized carbons (Fsp3) is 0.778. The van der Waals surface area contributed by atoms with Gasteiger partial charge in [-0.2, -0.15) is 16.7 Å². The molecule has 2 aliphatic rings. The van der Waals surface area contributed by atoms with Crippen molar-refractivity contribution in [3.8, 4) is 0 Å². The van der Waals surface area contributed by atoms with Crippen LogP contribution >= 0.6 is 11.8 Å². The van der Waals surface area contributed by atoms with Crippen molar-refractivity contribution in [2.75, 3.05) is 55.7 Å². The van der Waals surface area contributed by atoms with Gasteiger partial charge in [-0.05, 0) is 18.7 Å². The number of alkyl halides is 2. The van der Waals surface area contributed by atoms with Crippen molar-refractivity contribution in [3.05, 3.63) is 11.3 Å². The van der Waals surface area contributed by atoms with Crippen LogP contribution in [0.2, 0.25) is 0 Å². The number of anilines is 2. The van der Waals surface area contributed by atoms with E-state index in [1.54, 1.807) is 0 Å². The third-order valence-electron chi connectivity index (χ3n) is 4.88. The molecule has 0 spiro atoms. The number of likely N-dealkylation sites (N-methyl/N-ethyl adjacent to an activating group) is 1. The van der Waals surface area contributed by atoms with Gasteiger partial charge in [0.1, 0.15) is 5.82 Å². The maximum absolute atomic E-state index is 14.0. The Morgan fingerprint density at radius 2 is 1.92 bits per heavy atom. The minimum Gasteiger partial charge on any atom is -0.369 e. The van der Waals surface area contributed by atoms with E-state index in [2.05, 4.69) is 46.0 Å². The number of piperazine rings is 1. The second-order valence-corrected chi connectivity index (χ2v) is 9.15. The van der Waals surface area contributed by atoms with Crippen LogP contribution in [0.15, 0.2) is 0 Å². The summed E-state index contributed by atoms with van der Waals surface area (Å²) in [4.78, 5) is 13.8. The van der Waals surface area contributed by atoms with Gasteiger partial charge in [0.15, 0.2) is 0 Å². The third-order valence-corrected chi connectivity index (χ3v) is 5.98. The third kappa shape index (κ3) is 4.97. The molecule has 5 nitrogen and oxygen atoms in total. The molecule has 1 aromatic rings. The largest absolute Gasteiger partial charge is 0.369 e. The predicted octanol–water partition coefficient (Wildman–Crippen LogP) is 2.91. The summed E-state index contributed by atoms with van der Waals surface area (Å²) in [7, 11) is 2.10. The summed E-state index contributed by atoms with van der Waals surface area (Å²) in [5, 5.41) is 3.87. The van der Waals surface area contributed by atoms with Crippen molar-refractivity contribution in [1.29, 1.82) is 0 Å². The summed E-state index contributed by atoms with van der Waals surface area (Å²) in [6.45, 7) is 8.70. The number of fused-ring (bicyclic) bond motifs is 1. The van der Waals surface area contributed by atoms with E-state index in [0.717, 1.165) is 44.2 Å². The number of halogens is 2. The van der Waals surface area contributed by atoms with Gasteiger partial charge in [0.2, 0.25) is 5.95 Å². The van der Waals surface area contributed by atoms with Gasteiger partial charge in [0.05, 0.1) is 5.69 Å². The summed E-state index contributed by atoms with van der Waals surface area (Å²) in [6.07, 6.45) is -0.0616. The molecule has 3 rings (SSSR count). The van der Waals surface area contributed by atoms with Crippen LogP contribution in [-0.4, -0.2) is 71.6 Å². The standard InChI is InChI=1S/C18H29F2N5S/c1-13(2)26-11-6-21-16-14-12-18(19,20)5-4-15(14)22-17(23-16)25-9-7-24(3)8-10-25/h13H,4-12H2,1-3H3,(H,21,22,23). The summed E-state index contributed by atoms with van der Waals surface area (Å²) >= 11 is 1.85. The highest BCUT2D eigenvalue weighted by Crippen LogP contribution is 2.36. The first-order valence-electron chi connectivity index (χ1n) is 9.40. The van der Waals surface area contributed by atoms with E-state index >= 15 is 0 Å². The Bertz CT molecular complexity index is 618. The molecule has 0 radical (unpaired) electrons. The van der Waals surface area contributed by atoms with Crippen molar-refractivity contribution in [2.45, 2.75) is 44.3 Å². The highest BCUT2D eigenvalue weighted by molar-refractivity contribution is 7.99. The predicted molar refractivity (Wildman–Crippen MR) is 105 cm³/mol. The quantitative estimate of drug-likeness (QED) is 0.760. The van der Waals surface area contributed by atoms with Gasteiger partial charge in [0.25, 0.3) is 5.92 Å². The fourth-order valence-corrected chi connectivity index (χ4v) is 4.01.